The lowest BCUT2D eigenvalue weighted by molar-refractivity contribution is -0.384. The molecule has 0 aliphatic heterocycles. The highest BCUT2D eigenvalue weighted by molar-refractivity contribution is 6.36. The van der Waals surface area contributed by atoms with Crippen LogP contribution in [0.5, 0.6) is 11.5 Å². The number of carbonyl (C=O) groups is 1. The summed E-state index contributed by atoms with van der Waals surface area (Å²) in [5, 5.41) is 15.4. The quantitative estimate of drug-likeness (QED) is 0.239. The molecule has 0 saturated heterocycles. The largest absolute Gasteiger partial charge is 0.490 e. The lowest BCUT2D eigenvalue weighted by atomic mass is 10.2. The number of nitrogens with one attached hydrogen (secondary N) is 1. The minimum absolute atomic E-state index is 0.0165. The van der Waals surface area contributed by atoms with Crippen molar-refractivity contribution in [1.82, 2.24) is 5.43 Å². The average molecular weight is 488 g/mol. The number of nitro benzene ring substituents is 1. The highest BCUT2D eigenvalue weighted by Crippen LogP contribution is 2.29. The monoisotopic (exact) mass is 487 g/mol. The van der Waals surface area contributed by atoms with Crippen LogP contribution in [0, 0.1) is 10.1 Å². The highest BCUT2D eigenvalue weighted by Gasteiger charge is 2.11. The molecule has 33 heavy (non-hydrogen) atoms. The molecule has 0 unspecified atom stereocenters. The fourth-order valence-electron chi connectivity index (χ4n) is 2.77. The summed E-state index contributed by atoms with van der Waals surface area (Å²) in [7, 11) is 0. The summed E-state index contributed by atoms with van der Waals surface area (Å²) in [5.41, 5.74) is 4.13. The maximum absolute atomic E-state index is 12.2. The van der Waals surface area contributed by atoms with Crippen LogP contribution < -0.4 is 14.9 Å². The Morgan fingerprint density at radius 1 is 1.06 bits per heavy atom. The van der Waals surface area contributed by atoms with Crippen molar-refractivity contribution < 1.29 is 19.2 Å². The van der Waals surface area contributed by atoms with E-state index in [4.69, 9.17) is 32.7 Å². The molecule has 8 nitrogen and oxygen atoms in total. The Balaban J connectivity index is 1.65. The Hall–Kier alpha value is -3.62. The van der Waals surface area contributed by atoms with E-state index in [0.717, 1.165) is 5.56 Å². The molecule has 0 radical (unpaired) electrons. The minimum atomic E-state index is -0.471. The molecular formula is C23H19Cl2N3O5. The number of halogens is 2. The molecule has 0 fully saturated rings. The molecule has 0 saturated carbocycles. The number of rotatable bonds is 9. The highest BCUT2D eigenvalue weighted by atomic mass is 35.5. The molecule has 0 spiro atoms. The third-order valence-corrected chi connectivity index (χ3v) is 4.91. The Morgan fingerprint density at radius 2 is 1.82 bits per heavy atom. The Labute approximate surface area is 199 Å². The zero-order valence-electron chi connectivity index (χ0n) is 17.5. The van der Waals surface area contributed by atoms with Gasteiger partial charge in [0.2, 0.25) is 0 Å². The van der Waals surface area contributed by atoms with E-state index in [0.29, 0.717) is 28.7 Å². The number of hydrogen-bond acceptors (Lipinski definition) is 6. The number of ether oxygens (including phenoxy) is 2. The molecule has 3 rings (SSSR count). The van der Waals surface area contributed by atoms with Gasteiger partial charge in [-0.25, -0.2) is 5.43 Å². The third-order valence-electron chi connectivity index (χ3n) is 4.36. The van der Waals surface area contributed by atoms with Crippen molar-refractivity contribution in [3.8, 4) is 11.5 Å². The molecule has 3 aromatic rings. The first-order valence-corrected chi connectivity index (χ1v) is 10.5. The Morgan fingerprint density at radius 3 is 2.48 bits per heavy atom. The molecule has 0 aromatic heterocycles. The van der Waals surface area contributed by atoms with E-state index in [1.807, 2.05) is 6.92 Å². The first-order chi connectivity index (χ1) is 15.9. The van der Waals surface area contributed by atoms with Crippen LogP contribution >= 0.6 is 23.2 Å². The van der Waals surface area contributed by atoms with Crippen LogP contribution in [0.2, 0.25) is 10.0 Å². The summed E-state index contributed by atoms with van der Waals surface area (Å²) in [6, 6.07) is 15.9. The van der Waals surface area contributed by atoms with E-state index >= 15 is 0 Å². The van der Waals surface area contributed by atoms with Gasteiger partial charge in [0.1, 0.15) is 6.61 Å². The van der Waals surface area contributed by atoms with Crippen molar-refractivity contribution in [3.63, 3.8) is 0 Å². The normalized spacial score (nSPS) is 10.8. The van der Waals surface area contributed by atoms with Crippen LogP contribution in [-0.4, -0.2) is 23.7 Å². The lowest BCUT2D eigenvalue weighted by Gasteiger charge is -2.12. The van der Waals surface area contributed by atoms with E-state index in [2.05, 4.69) is 10.5 Å². The first kappa shape index (κ1) is 24.0. The molecule has 170 valence electrons. The average Bonchev–Trinajstić information content (AvgIpc) is 2.79. The van der Waals surface area contributed by atoms with Gasteiger partial charge >= 0.3 is 0 Å². The van der Waals surface area contributed by atoms with Crippen LogP contribution in [0.25, 0.3) is 0 Å². The maximum Gasteiger partial charge on any atom is 0.272 e. The minimum Gasteiger partial charge on any atom is -0.490 e. The van der Waals surface area contributed by atoms with Crippen molar-refractivity contribution >= 4 is 41.0 Å². The van der Waals surface area contributed by atoms with E-state index in [-0.39, 0.29) is 22.9 Å². The van der Waals surface area contributed by atoms with Crippen LogP contribution in [0.3, 0.4) is 0 Å². The van der Waals surface area contributed by atoms with E-state index in [1.165, 1.54) is 30.5 Å². The van der Waals surface area contributed by atoms with Crippen LogP contribution in [0.15, 0.2) is 65.8 Å². The Bertz CT molecular complexity index is 1180. The fourth-order valence-corrected chi connectivity index (χ4v) is 3.26. The molecular weight excluding hydrogens is 469 g/mol. The Kier molecular flexibility index (Phi) is 8.23. The van der Waals surface area contributed by atoms with Crippen LogP contribution in [0.4, 0.5) is 5.69 Å². The van der Waals surface area contributed by atoms with Gasteiger partial charge in [-0.3, -0.25) is 14.9 Å². The number of carbonyl (C=O) groups excluding carboxylic acids is 1. The SMILES string of the molecule is CCOc1cc(/C=N\NC(=O)c2ccc(Cl)cc2Cl)ccc1OCc1ccc([N+](=O)[O-])cc1. The molecule has 0 aliphatic rings. The number of amides is 1. The van der Waals surface area contributed by atoms with Gasteiger partial charge in [0.05, 0.1) is 28.3 Å². The number of benzene rings is 3. The molecule has 1 amide bonds. The number of hydrogen-bond donors (Lipinski definition) is 1. The number of nitro groups is 1. The fraction of sp³-hybridized carbons (Fsp3) is 0.130. The summed E-state index contributed by atoms with van der Waals surface area (Å²) in [6.07, 6.45) is 1.46. The molecule has 0 aliphatic carbocycles. The van der Waals surface area contributed by atoms with Gasteiger partial charge in [0, 0.05) is 17.2 Å². The summed E-state index contributed by atoms with van der Waals surface area (Å²) in [4.78, 5) is 22.5. The van der Waals surface area contributed by atoms with Crippen molar-refractivity contribution in [3.05, 3.63) is 97.5 Å². The topological polar surface area (TPSA) is 103 Å². The predicted octanol–water partition coefficient (Wildman–Crippen LogP) is 5.64. The molecule has 3 aromatic carbocycles. The molecule has 0 bridgehead atoms. The molecule has 0 atom stereocenters. The first-order valence-electron chi connectivity index (χ1n) is 9.79. The van der Waals surface area contributed by atoms with Crippen molar-refractivity contribution in [1.29, 1.82) is 0 Å². The molecule has 0 heterocycles. The second kappa shape index (κ2) is 11.3. The van der Waals surface area contributed by atoms with Gasteiger partial charge in [-0.2, -0.15) is 5.10 Å². The molecule has 10 heteroatoms. The van der Waals surface area contributed by atoms with Gasteiger partial charge in [-0.05, 0) is 66.6 Å². The summed E-state index contributed by atoms with van der Waals surface area (Å²) < 4.78 is 11.5. The molecule has 1 N–H and O–H groups in total. The van der Waals surface area contributed by atoms with Gasteiger partial charge in [0.25, 0.3) is 11.6 Å². The lowest BCUT2D eigenvalue weighted by Crippen LogP contribution is -2.18. The van der Waals surface area contributed by atoms with Gasteiger partial charge in [0.15, 0.2) is 11.5 Å². The van der Waals surface area contributed by atoms with Gasteiger partial charge in [-0.1, -0.05) is 23.2 Å². The van der Waals surface area contributed by atoms with Gasteiger partial charge in [-0.15, -0.1) is 0 Å². The van der Waals surface area contributed by atoms with Crippen molar-refractivity contribution in [2.24, 2.45) is 5.10 Å². The summed E-state index contributed by atoms with van der Waals surface area (Å²) >= 11 is 11.9. The summed E-state index contributed by atoms with van der Waals surface area (Å²) in [5.74, 6) is 0.528. The second-order valence-corrected chi connectivity index (χ2v) is 7.52. The van der Waals surface area contributed by atoms with Crippen molar-refractivity contribution in [2.45, 2.75) is 13.5 Å². The smallest absolute Gasteiger partial charge is 0.272 e. The van der Waals surface area contributed by atoms with Crippen LogP contribution in [0.1, 0.15) is 28.4 Å². The summed E-state index contributed by atoms with van der Waals surface area (Å²) in [6.45, 7) is 2.47. The van der Waals surface area contributed by atoms with Crippen molar-refractivity contribution in [2.75, 3.05) is 6.61 Å². The van der Waals surface area contributed by atoms with E-state index in [1.54, 1.807) is 36.4 Å². The zero-order chi connectivity index (χ0) is 23.8. The zero-order valence-corrected chi connectivity index (χ0v) is 19.0. The second-order valence-electron chi connectivity index (χ2n) is 6.67. The van der Waals surface area contributed by atoms with Crippen LogP contribution in [-0.2, 0) is 6.61 Å². The van der Waals surface area contributed by atoms with E-state index < -0.39 is 10.8 Å². The standard InChI is InChI=1S/C23H19Cl2N3O5/c1-2-32-22-11-16(13-26-27-23(29)19-9-6-17(24)12-20(19)25)5-10-21(22)33-14-15-3-7-18(8-4-15)28(30)31/h3-13H,2,14H2,1H3,(H,27,29)/b26-13-. The maximum atomic E-state index is 12.2. The number of hydrazone groups is 1. The number of non-ortho nitro benzene ring substituents is 1. The predicted molar refractivity (Wildman–Crippen MR) is 127 cm³/mol. The number of nitrogens with zero attached hydrogens (tertiary/aromatic N) is 2. The van der Waals surface area contributed by atoms with E-state index in [9.17, 15) is 14.9 Å². The van der Waals surface area contributed by atoms with Gasteiger partial charge < -0.3 is 9.47 Å². The third kappa shape index (κ3) is 6.68.